The second-order valence-electron chi connectivity index (χ2n) is 5.47. The van der Waals surface area contributed by atoms with Crippen LogP contribution >= 0.6 is 15.9 Å². The van der Waals surface area contributed by atoms with E-state index in [-0.39, 0.29) is 5.91 Å². The number of ether oxygens (including phenoxy) is 1. The monoisotopic (exact) mass is 376 g/mol. The summed E-state index contributed by atoms with van der Waals surface area (Å²) in [6.45, 7) is 0.990. The third-order valence-electron chi connectivity index (χ3n) is 3.49. The number of likely N-dealkylation sites (N-methyl/N-ethyl adjacent to an activating group) is 1. The highest BCUT2D eigenvalue weighted by Crippen LogP contribution is 2.16. The van der Waals surface area contributed by atoms with Crippen molar-refractivity contribution >= 4 is 27.5 Å². The number of benzene rings is 2. The molecule has 5 heteroatoms. The summed E-state index contributed by atoms with van der Waals surface area (Å²) in [5, 5.41) is 0. The van der Waals surface area contributed by atoms with E-state index in [9.17, 15) is 4.79 Å². The quantitative estimate of drug-likeness (QED) is 0.770. The summed E-state index contributed by atoms with van der Waals surface area (Å²) in [6.07, 6.45) is 0. The van der Waals surface area contributed by atoms with Crippen LogP contribution in [0.1, 0.15) is 10.4 Å². The Kier molecular flexibility index (Phi) is 6.04. The van der Waals surface area contributed by atoms with E-state index in [0.29, 0.717) is 18.7 Å². The zero-order valence-corrected chi connectivity index (χ0v) is 15.2. The van der Waals surface area contributed by atoms with Crippen LogP contribution in [0.5, 0.6) is 5.75 Å². The van der Waals surface area contributed by atoms with Gasteiger partial charge in [0.25, 0.3) is 5.91 Å². The van der Waals surface area contributed by atoms with Gasteiger partial charge in [0.05, 0.1) is 6.54 Å². The van der Waals surface area contributed by atoms with Gasteiger partial charge in [0.2, 0.25) is 0 Å². The van der Waals surface area contributed by atoms with Gasteiger partial charge in [-0.1, -0.05) is 15.9 Å². The smallest absolute Gasteiger partial charge is 0.253 e. The Bertz CT molecular complexity index is 639. The van der Waals surface area contributed by atoms with Gasteiger partial charge in [0.15, 0.2) is 0 Å². The fraction of sp³-hybridized carbons (Fsp3) is 0.278. The molecule has 0 spiro atoms. The summed E-state index contributed by atoms with van der Waals surface area (Å²) in [4.78, 5) is 16.0. The summed E-state index contributed by atoms with van der Waals surface area (Å²) in [5.74, 6) is 0.791. The minimum Gasteiger partial charge on any atom is -0.492 e. The second kappa shape index (κ2) is 8.02. The second-order valence-corrected chi connectivity index (χ2v) is 6.39. The first-order valence-electron chi connectivity index (χ1n) is 7.38. The largest absolute Gasteiger partial charge is 0.492 e. The minimum atomic E-state index is -0.00490. The van der Waals surface area contributed by atoms with Crippen molar-refractivity contribution in [2.45, 2.75) is 0 Å². The zero-order valence-electron chi connectivity index (χ0n) is 13.6. The Morgan fingerprint density at radius 1 is 1.00 bits per heavy atom. The Hall–Kier alpha value is -2.01. The highest BCUT2D eigenvalue weighted by atomic mass is 79.9. The number of hydrogen-bond donors (Lipinski definition) is 0. The Morgan fingerprint density at radius 2 is 1.61 bits per heavy atom. The van der Waals surface area contributed by atoms with Crippen LogP contribution in [0.25, 0.3) is 0 Å². The maximum absolute atomic E-state index is 12.4. The van der Waals surface area contributed by atoms with Gasteiger partial charge in [-0.05, 0) is 48.5 Å². The van der Waals surface area contributed by atoms with Crippen LogP contribution in [0.2, 0.25) is 0 Å². The van der Waals surface area contributed by atoms with E-state index >= 15 is 0 Å². The van der Waals surface area contributed by atoms with Gasteiger partial charge in [-0.25, -0.2) is 0 Å². The third kappa shape index (κ3) is 4.99. The van der Waals surface area contributed by atoms with Crippen molar-refractivity contribution in [2.75, 3.05) is 39.2 Å². The van der Waals surface area contributed by atoms with Crippen LogP contribution in [0, 0.1) is 0 Å². The van der Waals surface area contributed by atoms with Crippen molar-refractivity contribution in [1.29, 1.82) is 0 Å². The van der Waals surface area contributed by atoms with Crippen LogP contribution in [-0.4, -0.2) is 45.1 Å². The van der Waals surface area contributed by atoms with Crippen LogP contribution in [-0.2, 0) is 0 Å². The molecule has 2 aromatic carbocycles. The standard InChI is InChI=1S/C18H21BrN2O2/c1-20(2)16-8-4-14(5-9-16)18(22)21(3)12-13-23-17-10-6-15(19)7-11-17/h4-11H,12-13H2,1-3H3. The van der Waals surface area contributed by atoms with Crippen LogP contribution in [0.15, 0.2) is 53.0 Å². The molecule has 0 fully saturated rings. The van der Waals surface area contributed by atoms with Crippen molar-refractivity contribution in [3.05, 3.63) is 58.6 Å². The molecule has 122 valence electrons. The molecule has 0 N–H and O–H groups in total. The SMILES string of the molecule is CN(CCOc1ccc(Br)cc1)C(=O)c1ccc(N(C)C)cc1. The number of halogens is 1. The molecule has 0 aromatic heterocycles. The molecule has 23 heavy (non-hydrogen) atoms. The summed E-state index contributed by atoms with van der Waals surface area (Å²) < 4.78 is 6.66. The molecule has 0 saturated carbocycles. The van der Waals surface area contributed by atoms with E-state index in [0.717, 1.165) is 15.9 Å². The molecule has 0 aliphatic carbocycles. The number of rotatable bonds is 6. The fourth-order valence-electron chi connectivity index (χ4n) is 2.06. The molecular weight excluding hydrogens is 356 g/mol. The number of carbonyl (C=O) groups is 1. The maximum atomic E-state index is 12.4. The van der Waals surface area contributed by atoms with E-state index in [2.05, 4.69) is 15.9 Å². The lowest BCUT2D eigenvalue weighted by atomic mass is 10.2. The van der Waals surface area contributed by atoms with Gasteiger partial charge in [0, 0.05) is 36.9 Å². The maximum Gasteiger partial charge on any atom is 0.253 e. The van der Waals surface area contributed by atoms with Gasteiger partial charge < -0.3 is 14.5 Å². The van der Waals surface area contributed by atoms with Crippen LogP contribution in [0.3, 0.4) is 0 Å². The molecule has 1 amide bonds. The summed E-state index contributed by atoms with van der Waals surface area (Å²) in [6, 6.07) is 15.2. The average Bonchev–Trinajstić information content (AvgIpc) is 2.56. The molecule has 0 atom stereocenters. The van der Waals surface area contributed by atoms with Gasteiger partial charge >= 0.3 is 0 Å². The molecule has 0 unspecified atom stereocenters. The van der Waals surface area contributed by atoms with E-state index < -0.39 is 0 Å². The van der Waals surface area contributed by atoms with E-state index in [1.807, 2.05) is 67.5 Å². The molecule has 0 saturated heterocycles. The van der Waals surface area contributed by atoms with Gasteiger partial charge in [-0.3, -0.25) is 4.79 Å². The molecule has 0 aliphatic rings. The van der Waals surface area contributed by atoms with Crippen molar-refractivity contribution in [3.63, 3.8) is 0 Å². The fourth-order valence-corrected chi connectivity index (χ4v) is 2.32. The van der Waals surface area contributed by atoms with Crippen molar-refractivity contribution in [1.82, 2.24) is 4.90 Å². The van der Waals surface area contributed by atoms with E-state index in [4.69, 9.17) is 4.74 Å². The highest BCUT2D eigenvalue weighted by molar-refractivity contribution is 9.10. The normalized spacial score (nSPS) is 10.3. The number of carbonyl (C=O) groups excluding carboxylic acids is 1. The van der Waals surface area contributed by atoms with E-state index in [1.165, 1.54) is 0 Å². The zero-order chi connectivity index (χ0) is 16.8. The average molecular weight is 377 g/mol. The molecule has 2 aromatic rings. The molecule has 4 nitrogen and oxygen atoms in total. The lowest BCUT2D eigenvalue weighted by Gasteiger charge is -2.18. The molecule has 0 radical (unpaired) electrons. The first kappa shape index (κ1) is 17.3. The first-order chi connectivity index (χ1) is 11.0. The Labute approximate surface area is 145 Å². The van der Waals surface area contributed by atoms with Gasteiger partial charge in [-0.15, -0.1) is 0 Å². The van der Waals surface area contributed by atoms with Crippen molar-refractivity contribution in [3.8, 4) is 5.75 Å². The minimum absolute atomic E-state index is 0.00490. The summed E-state index contributed by atoms with van der Waals surface area (Å²) >= 11 is 3.38. The number of hydrogen-bond acceptors (Lipinski definition) is 3. The number of amides is 1. The predicted molar refractivity (Wildman–Crippen MR) is 97.4 cm³/mol. The molecular formula is C18H21BrN2O2. The van der Waals surface area contributed by atoms with Gasteiger partial charge in [0.1, 0.15) is 12.4 Å². The summed E-state index contributed by atoms with van der Waals surface area (Å²) in [5.41, 5.74) is 1.75. The topological polar surface area (TPSA) is 32.8 Å². The molecule has 0 heterocycles. The molecule has 0 bridgehead atoms. The highest BCUT2D eigenvalue weighted by Gasteiger charge is 2.11. The number of anilines is 1. The van der Waals surface area contributed by atoms with Crippen molar-refractivity contribution in [2.24, 2.45) is 0 Å². The molecule has 0 aliphatic heterocycles. The first-order valence-corrected chi connectivity index (χ1v) is 8.18. The lowest BCUT2D eigenvalue weighted by molar-refractivity contribution is 0.0774. The van der Waals surface area contributed by atoms with Gasteiger partial charge in [-0.2, -0.15) is 0 Å². The van der Waals surface area contributed by atoms with Crippen LogP contribution < -0.4 is 9.64 Å². The lowest BCUT2D eigenvalue weighted by Crippen LogP contribution is -2.30. The predicted octanol–water partition coefficient (Wildman–Crippen LogP) is 3.67. The number of nitrogens with zero attached hydrogens (tertiary/aromatic N) is 2. The Morgan fingerprint density at radius 3 is 2.17 bits per heavy atom. The van der Waals surface area contributed by atoms with Crippen LogP contribution in [0.4, 0.5) is 5.69 Å². The Balaban J connectivity index is 1.85. The third-order valence-corrected chi connectivity index (χ3v) is 4.02. The van der Waals surface area contributed by atoms with Crippen molar-refractivity contribution < 1.29 is 9.53 Å². The summed E-state index contributed by atoms with van der Waals surface area (Å²) in [7, 11) is 5.73. The van der Waals surface area contributed by atoms with E-state index in [1.54, 1.807) is 11.9 Å². The molecule has 2 rings (SSSR count).